The number of benzene rings is 4. The van der Waals surface area contributed by atoms with E-state index < -0.39 is 19.4 Å². The number of nitrogens with one attached hydrogen (secondary N) is 1. The van der Waals surface area contributed by atoms with E-state index in [1.807, 2.05) is 17.0 Å². The van der Waals surface area contributed by atoms with Crippen molar-refractivity contribution < 1.29 is 38.1 Å². The van der Waals surface area contributed by atoms with Crippen LogP contribution in [-0.4, -0.2) is 67.3 Å². The third-order valence-electron chi connectivity index (χ3n) is 7.73. The van der Waals surface area contributed by atoms with E-state index >= 15 is 0 Å². The van der Waals surface area contributed by atoms with E-state index in [2.05, 4.69) is 108 Å². The molecule has 4 aromatic carbocycles. The first-order valence-electron chi connectivity index (χ1n) is 15.8. The second-order valence-corrected chi connectivity index (χ2v) is 14.6. The first-order valence-corrected chi connectivity index (χ1v) is 17.7. The third kappa shape index (κ3) is 11.5. The maximum Gasteiger partial charge on any atom is 0.430 e. The van der Waals surface area contributed by atoms with Crippen LogP contribution >= 0.6 is 7.26 Å². The van der Waals surface area contributed by atoms with E-state index in [4.69, 9.17) is 9.90 Å². The third-order valence-corrected chi connectivity index (χ3v) is 12.3. The second-order valence-electron chi connectivity index (χ2n) is 11.0. The van der Waals surface area contributed by atoms with Crippen molar-refractivity contribution in [3.8, 4) is 0 Å². The van der Waals surface area contributed by atoms with E-state index in [1.54, 1.807) is 0 Å². The summed E-state index contributed by atoms with van der Waals surface area (Å²) in [6.45, 7) is 1.73. The van der Waals surface area contributed by atoms with Crippen LogP contribution in [0.2, 0.25) is 0 Å². The molecule has 4 aromatic rings. The maximum absolute atomic E-state index is 12.7. The topological polar surface area (TPSA) is 113 Å². The molecule has 1 amide bonds. The zero-order valence-electron chi connectivity index (χ0n) is 26.7. The van der Waals surface area contributed by atoms with Gasteiger partial charge in [0.05, 0.1) is 19.4 Å². The number of carbonyl (C=O) groups is 2. The van der Waals surface area contributed by atoms with Crippen LogP contribution in [0.1, 0.15) is 24.8 Å². The number of anilines is 1. The van der Waals surface area contributed by atoms with Gasteiger partial charge in [-0.3, -0.25) is 4.79 Å². The van der Waals surface area contributed by atoms with Gasteiger partial charge in [0.1, 0.15) is 29.1 Å². The number of carboxylic acids is 1. The largest absolute Gasteiger partial charge is 0.542 e. The molecular formula is C37H42F3N2O5P. The van der Waals surface area contributed by atoms with Gasteiger partial charge in [-0.1, -0.05) is 66.7 Å². The Hall–Kier alpha value is -4.24. The van der Waals surface area contributed by atoms with E-state index in [0.29, 0.717) is 26.1 Å². The number of halogens is 3. The summed E-state index contributed by atoms with van der Waals surface area (Å²) in [6.07, 6.45) is -1.19. The Labute approximate surface area is 280 Å². The summed E-state index contributed by atoms with van der Waals surface area (Å²) >= 11 is 0. The minimum atomic E-state index is -5.19. The molecule has 0 radical (unpaired) electrons. The molecule has 4 rings (SSSR count). The molecule has 256 valence electrons. The monoisotopic (exact) mass is 682 g/mol. The molecule has 0 unspecified atom stereocenters. The summed E-state index contributed by atoms with van der Waals surface area (Å²) in [6, 6.07) is 40.7. The average Bonchev–Trinajstić information content (AvgIpc) is 3.10. The summed E-state index contributed by atoms with van der Waals surface area (Å²) in [7, 11) is -1.88. The highest BCUT2D eigenvalue weighted by Gasteiger charge is 2.44. The quantitative estimate of drug-likeness (QED) is 0.123. The van der Waals surface area contributed by atoms with Gasteiger partial charge in [-0.2, -0.15) is 13.2 Å². The van der Waals surface area contributed by atoms with Gasteiger partial charge >= 0.3 is 6.18 Å². The number of amides is 1. The van der Waals surface area contributed by atoms with Crippen molar-refractivity contribution in [2.45, 2.75) is 31.9 Å². The molecule has 0 heterocycles. The van der Waals surface area contributed by atoms with E-state index in [9.17, 15) is 28.2 Å². The fourth-order valence-corrected chi connectivity index (χ4v) is 9.80. The maximum atomic E-state index is 12.7. The van der Waals surface area contributed by atoms with E-state index in [1.165, 1.54) is 21.5 Å². The van der Waals surface area contributed by atoms with Gasteiger partial charge in [-0.15, -0.1) is 0 Å². The number of aryl methyl sites for hydroxylation is 1. The predicted molar refractivity (Wildman–Crippen MR) is 184 cm³/mol. The molecule has 0 aromatic heterocycles. The van der Waals surface area contributed by atoms with Crippen LogP contribution in [0.4, 0.5) is 18.9 Å². The zero-order chi connectivity index (χ0) is 34.8. The number of carboxylic acid groups (broad SMARTS) is 1. The van der Waals surface area contributed by atoms with Gasteiger partial charge < -0.3 is 30.3 Å². The highest BCUT2D eigenvalue weighted by Crippen LogP contribution is 2.55. The Bertz CT molecular complexity index is 1410. The number of hydrogen-bond donors (Lipinski definition) is 3. The number of nitrogens with zero attached hydrogens (tertiary/aromatic N) is 1. The van der Waals surface area contributed by atoms with Crippen molar-refractivity contribution >= 4 is 40.7 Å². The Morgan fingerprint density at radius 2 is 1.15 bits per heavy atom. The standard InChI is InChI=1S/C35H41N2O3P.C2HF3O2/c38-27-25-37(26-28-39)31-22-20-30(21-23-31)12-10-19-35(40)36-24-11-29-41(32-13-4-1-5-14-32,33-15-6-2-7-16-33)34-17-8-3-9-18-34;3-2(4,5)1(6)7/h1-9,13-18,20-23,38-39H,10-12,19,24-29H2;(H,6,7). The molecule has 0 aliphatic heterocycles. The molecule has 11 heteroatoms. The summed E-state index contributed by atoms with van der Waals surface area (Å²) < 4.78 is 31.5. The lowest BCUT2D eigenvalue weighted by molar-refractivity contribution is -0.344. The minimum absolute atomic E-state index is 0.0460. The molecular weight excluding hydrogens is 640 g/mol. The van der Waals surface area contributed by atoms with Crippen LogP contribution in [-0.2, 0) is 16.0 Å². The number of rotatable bonds is 16. The van der Waals surface area contributed by atoms with Gasteiger partial charge in [0.2, 0.25) is 5.91 Å². The van der Waals surface area contributed by atoms with Crippen LogP contribution in [0.3, 0.4) is 0 Å². The normalized spacial score (nSPS) is 11.3. The van der Waals surface area contributed by atoms with Crippen molar-refractivity contribution in [3.05, 3.63) is 121 Å². The highest BCUT2D eigenvalue weighted by atomic mass is 31.2. The lowest BCUT2D eigenvalue weighted by atomic mass is 10.1. The minimum Gasteiger partial charge on any atom is -0.542 e. The Morgan fingerprint density at radius 1 is 0.708 bits per heavy atom. The van der Waals surface area contributed by atoms with Gasteiger partial charge in [0.15, 0.2) is 0 Å². The van der Waals surface area contributed by atoms with Crippen LogP contribution < -0.4 is 31.2 Å². The van der Waals surface area contributed by atoms with Crippen LogP contribution in [0.5, 0.6) is 0 Å². The number of alkyl halides is 3. The van der Waals surface area contributed by atoms with Gasteiger partial charge in [-0.05, 0) is 73.4 Å². The zero-order valence-corrected chi connectivity index (χ0v) is 27.6. The lowest BCUT2D eigenvalue weighted by Crippen LogP contribution is -2.37. The first-order chi connectivity index (χ1) is 23.1. The highest BCUT2D eigenvalue weighted by molar-refractivity contribution is 7.95. The van der Waals surface area contributed by atoms with Gasteiger partial charge in [0, 0.05) is 31.7 Å². The number of hydrogen-bond acceptors (Lipinski definition) is 6. The summed E-state index contributed by atoms with van der Waals surface area (Å²) in [5.41, 5.74) is 2.16. The van der Waals surface area contributed by atoms with Crippen molar-refractivity contribution in [1.29, 1.82) is 0 Å². The second kappa shape index (κ2) is 19.5. The van der Waals surface area contributed by atoms with E-state index in [0.717, 1.165) is 31.1 Å². The SMILES string of the molecule is O=C(CCCc1ccc(N(CCO)CCO)cc1)NCCC[P+](c1ccccc1)(c1ccccc1)c1ccccc1.O=C([O-])C(F)(F)F. The first kappa shape index (κ1) is 38.2. The molecule has 0 bridgehead atoms. The van der Waals surface area contributed by atoms with Gasteiger partial charge in [-0.25, -0.2) is 0 Å². The van der Waals surface area contributed by atoms with Crippen LogP contribution in [0, 0.1) is 0 Å². The van der Waals surface area contributed by atoms with Crippen molar-refractivity contribution in [3.63, 3.8) is 0 Å². The number of aliphatic hydroxyl groups excluding tert-OH is 2. The smallest absolute Gasteiger partial charge is 0.430 e. The summed E-state index contributed by atoms with van der Waals surface area (Å²) in [5, 5.41) is 34.6. The molecule has 0 spiro atoms. The Morgan fingerprint density at radius 3 is 1.54 bits per heavy atom. The number of aliphatic carboxylic acids is 1. The van der Waals surface area contributed by atoms with E-state index in [-0.39, 0.29) is 19.1 Å². The number of carbonyl (C=O) groups excluding carboxylic acids is 2. The Balaban J connectivity index is 0.000000804. The molecule has 0 aliphatic rings. The predicted octanol–water partition coefficient (Wildman–Crippen LogP) is 3.60. The van der Waals surface area contributed by atoms with Crippen molar-refractivity contribution in [2.75, 3.05) is 43.9 Å². The fourth-order valence-electron chi connectivity index (χ4n) is 5.45. The fraction of sp³-hybridized carbons (Fsp3) is 0.297. The van der Waals surface area contributed by atoms with Crippen LogP contribution in [0.15, 0.2) is 115 Å². The number of aliphatic hydroxyl groups is 2. The van der Waals surface area contributed by atoms with Crippen LogP contribution in [0.25, 0.3) is 0 Å². The molecule has 48 heavy (non-hydrogen) atoms. The molecule has 0 saturated heterocycles. The lowest BCUT2D eigenvalue weighted by Gasteiger charge is -2.27. The molecule has 7 nitrogen and oxygen atoms in total. The molecule has 0 atom stereocenters. The average molecular weight is 683 g/mol. The molecule has 0 fully saturated rings. The summed E-state index contributed by atoms with van der Waals surface area (Å²) in [4.78, 5) is 23.4. The Kier molecular flexibility index (Phi) is 15.6. The summed E-state index contributed by atoms with van der Waals surface area (Å²) in [5.74, 6) is -2.91. The van der Waals surface area contributed by atoms with Gasteiger partial charge in [0.25, 0.3) is 0 Å². The van der Waals surface area contributed by atoms with Crippen molar-refractivity contribution in [2.24, 2.45) is 0 Å². The van der Waals surface area contributed by atoms with Crippen molar-refractivity contribution in [1.82, 2.24) is 5.32 Å². The molecule has 3 N–H and O–H groups in total. The molecule has 0 saturated carbocycles. The molecule has 0 aliphatic carbocycles.